The Morgan fingerprint density at radius 1 is 0.826 bits per heavy atom. The van der Waals surface area contributed by atoms with Crippen molar-refractivity contribution in [3.8, 4) is 0 Å². The molecule has 0 saturated heterocycles. The van der Waals surface area contributed by atoms with Gasteiger partial charge in [0, 0.05) is 13.0 Å². The molecule has 0 spiro atoms. The van der Waals surface area contributed by atoms with Crippen LogP contribution in [0.15, 0.2) is 0 Å². The van der Waals surface area contributed by atoms with E-state index < -0.39 is 0 Å². The van der Waals surface area contributed by atoms with Gasteiger partial charge in [-0.3, -0.25) is 0 Å². The van der Waals surface area contributed by atoms with Crippen molar-refractivity contribution in [2.45, 2.75) is 78.2 Å². The van der Waals surface area contributed by atoms with Crippen LogP contribution >= 0.6 is 0 Å². The van der Waals surface area contributed by atoms with E-state index >= 15 is 0 Å². The van der Waals surface area contributed by atoms with Crippen LogP contribution in [0.1, 0.15) is 71.0 Å². The zero-order valence-corrected chi connectivity index (χ0v) is 14.5. The first-order valence-corrected chi connectivity index (χ1v) is 8.95. The molecule has 0 aromatic carbocycles. The molecule has 0 unspecified atom stereocenters. The molecule has 128 valence electrons. The van der Waals surface area contributed by atoms with Crippen molar-refractivity contribution in [3.05, 3.63) is 5.82 Å². The van der Waals surface area contributed by atoms with Crippen molar-refractivity contribution in [3.63, 3.8) is 0 Å². The molecular formula is C17H30N6. The van der Waals surface area contributed by atoms with Gasteiger partial charge in [-0.15, -0.1) is 0 Å². The van der Waals surface area contributed by atoms with E-state index in [1.807, 2.05) is 0 Å². The van der Waals surface area contributed by atoms with Gasteiger partial charge in [0.25, 0.3) is 0 Å². The van der Waals surface area contributed by atoms with Gasteiger partial charge in [0.2, 0.25) is 5.95 Å². The Morgan fingerprint density at radius 2 is 1.48 bits per heavy atom. The van der Waals surface area contributed by atoms with E-state index in [0.29, 0.717) is 11.3 Å². The van der Waals surface area contributed by atoms with Gasteiger partial charge in [0.15, 0.2) is 17.0 Å². The molecule has 2 aromatic rings. The Morgan fingerprint density at radius 3 is 2.13 bits per heavy atom. The SMILES string of the molecule is CCCCCCCCCCc1nc2c(N)nc(N)nc2n1CC. The molecule has 6 heteroatoms. The number of nitrogen functional groups attached to an aromatic ring is 2. The highest BCUT2D eigenvalue weighted by molar-refractivity contribution is 5.83. The standard InChI is InChI=1S/C17H30N6/c1-3-5-6-7-8-9-10-11-12-13-20-14-15(18)21-17(19)22-16(14)23(13)4-2/h3-12H2,1-2H3,(H4,18,19,21,22). The van der Waals surface area contributed by atoms with Crippen LogP contribution in [-0.4, -0.2) is 19.5 Å². The van der Waals surface area contributed by atoms with Crippen molar-refractivity contribution < 1.29 is 0 Å². The Balaban J connectivity index is 1.89. The van der Waals surface area contributed by atoms with E-state index in [9.17, 15) is 0 Å². The lowest BCUT2D eigenvalue weighted by atomic mass is 10.1. The van der Waals surface area contributed by atoms with Crippen LogP contribution in [0.4, 0.5) is 11.8 Å². The van der Waals surface area contributed by atoms with Crippen molar-refractivity contribution >= 4 is 22.9 Å². The lowest BCUT2D eigenvalue weighted by Gasteiger charge is -2.06. The van der Waals surface area contributed by atoms with Gasteiger partial charge in [-0.1, -0.05) is 51.9 Å². The number of anilines is 2. The molecule has 23 heavy (non-hydrogen) atoms. The minimum absolute atomic E-state index is 0.211. The summed E-state index contributed by atoms with van der Waals surface area (Å²) in [5.74, 6) is 1.63. The summed E-state index contributed by atoms with van der Waals surface area (Å²) in [6.45, 7) is 5.16. The largest absolute Gasteiger partial charge is 0.382 e. The topological polar surface area (TPSA) is 95.6 Å². The van der Waals surface area contributed by atoms with Gasteiger partial charge in [0.05, 0.1) is 0 Å². The second kappa shape index (κ2) is 8.70. The number of aryl methyl sites for hydroxylation is 2. The Kier molecular flexibility index (Phi) is 6.62. The van der Waals surface area contributed by atoms with Gasteiger partial charge in [-0.2, -0.15) is 9.97 Å². The maximum Gasteiger partial charge on any atom is 0.224 e. The van der Waals surface area contributed by atoms with Crippen molar-refractivity contribution in [1.82, 2.24) is 19.5 Å². The number of aromatic nitrogens is 4. The molecule has 2 rings (SSSR count). The molecule has 6 nitrogen and oxygen atoms in total. The Bertz CT molecular complexity index is 619. The third-order valence-corrected chi connectivity index (χ3v) is 4.29. The van der Waals surface area contributed by atoms with E-state index in [1.165, 1.54) is 44.9 Å². The average Bonchev–Trinajstić information content (AvgIpc) is 2.87. The number of nitrogens with two attached hydrogens (primary N) is 2. The number of fused-ring (bicyclic) bond motifs is 1. The van der Waals surface area contributed by atoms with Gasteiger partial charge in [-0.05, 0) is 13.3 Å². The number of nitrogens with zero attached hydrogens (tertiary/aromatic N) is 4. The molecule has 0 atom stereocenters. The van der Waals surface area contributed by atoms with E-state index in [2.05, 4.69) is 33.4 Å². The second-order valence-electron chi connectivity index (χ2n) is 6.14. The molecule has 0 aliphatic rings. The first kappa shape index (κ1) is 17.5. The smallest absolute Gasteiger partial charge is 0.224 e. The van der Waals surface area contributed by atoms with E-state index in [4.69, 9.17) is 11.5 Å². The lowest BCUT2D eigenvalue weighted by Crippen LogP contribution is -2.05. The molecule has 0 amide bonds. The van der Waals surface area contributed by atoms with E-state index in [-0.39, 0.29) is 5.95 Å². The maximum atomic E-state index is 5.92. The summed E-state index contributed by atoms with van der Waals surface area (Å²) < 4.78 is 2.10. The fourth-order valence-electron chi connectivity index (χ4n) is 3.02. The molecule has 2 aromatic heterocycles. The maximum absolute atomic E-state index is 5.92. The predicted octanol–water partition coefficient (Wildman–Crippen LogP) is 3.69. The van der Waals surface area contributed by atoms with Crippen molar-refractivity contribution in [2.24, 2.45) is 0 Å². The first-order chi connectivity index (χ1) is 11.2. The molecule has 0 radical (unpaired) electrons. The van der Waals surface area contributed by atoms with Gasteiger partial charge >= 0.3 is 0 Å². The van der Waals surface area contributed by atoms with Gasteiger partial charge in [-0.25, -0.2) is 4.98 Å². The van der Waals surface area contributed by atoms with Crippen molar-refractivity contribution in [2.75, 3.05) is 11.5 Å². The summed E-state index contributed by atoms with van der Waals surface area (Å²) in [6.07, 6.45) is 11.4. The molecule has 2 heterocycles. The summed E-state index contributed by atoms with van der Waals surface area (Å²) in [6, 6.07) is 0. The Labute approximate surface area is 138 Å². The van der Waals surface area contributed by atoms with Crippen LogP contribution in [-0.2, 0) is 13.0 Å². The summed E-state index contributed by atoms with van der Waals surface area (Å²) in [5.41, 5.74) is 13.1. The highest BCUT2D eigenvalue weighted by Gasteiger charge is 2.14. The molecule has 4 N–H and O–H groups in total. The Hall–Kier alpha value is -1.85. The van der Waals surface area contributed by atoms with E-state index in [0.717, 1.165) is 30.9 Å². The summed E-state index contributed by atoms with van der Waals surface area (Å²) in [5, 5.41) is 0. The highest BCUT2D eigenvalue weighted by Crippen LogP contribution is 2.21. The lowest BCUT2D eigenvalue weighted by molar-refractivity contribution is 0.566. The molecular weight excluding hydrogens is 288 g/mol. The fourth-order valence-corrected chi connectivity index (χ4v) is 3.02. The number of imidazole rings is 1. The monoisotopic (exact) mass is 318 g/mol. The van der Waals surface area contributed by atoms with E-state index in [1.54, 1.807) is 0 Å². The van der Waals surface area contributed by atoms with Crippen LogP contribution in [0.5, 0.6) is 0 Å². The van der Waals surface area contributed by atoms with Crippen molar-refractivity contribution in [1.29, 1.82) is 0 Å². The molecule has 0 fully saturated rings. The molecule has 0 bridgehead atoms. The highest BCUT2D eigenvalue weighted by atomic mass is 15.2. The minimum atomic E-state index is 0.211. The number of hydrogen-bond acceptors (Lipinski definition) is 5. The number of hydrogen-bond donors (Lipinski definition) is 2. The van der Waals surface area contributed by atoms with Gasteiger partial charge < -0.3 is 16.0 Å². The summed E-state index contributed by atoms with van der Waals surface area (Å²) in [7, 11) is 0. The summed E-state index contributed by atoms with van der Waals surface area (Å²) in [4.78, 5) is 12.9. The normalized spacial score (nSPS) is 11.4. The summed E-state index contributed by atoms with van der Waals surface area (Å²) >= 11 is 0. The van der Waals surface area contributed by atoms with Gasteiger partial charge in [0.1, 0.15) is 5.82 Å². The zero-order chi connectivity index (χ0) is 16.7. The predicted molar refractivity (Wildman–Crippen MR) is 96.1 cm³/mol. The average molecular weight is 318 g/mol. The molecule has 0 saturated carbocycles. The zero-order valence-electron chi connectivity index (χ0n) is 14.5. The number of unbranched alkanes of at least 4 members (excludes halogenated alkanes) is 7. The third kappa shape index (κ3) is 4.56. The van der Waals surface area contributed by atoms with Crippen LogP contribution in [0, 0.1) is 0 Å². The molecule has 0 aliphatic carbocycles. The fraction of sp³-hybridized carbons (Fsp3) is 0.706. The minimum Gasteiger partial charge on any atom is -0.382 e. The third-order valence-electron chi connectivity index (χ3n) is 4.29. The molecule has 0 aliphatic heterocycles. The van der Waals surface area contributed by atoms with Crippen LogP contribution in [0.25, 0.3) is 11.2 Å². The quantitative estimate of drug-likeness (QED) is 0.651. The first-order valence-electron chi connectivity index (χ1n) is 8.95. The van der Waals surface area contributed by atoms with Crippen LogP contribution < -0.4 is 11.5 Å². The van der Waals surface area contributed by atoms with Crippen LogP contribution in [0.2, 0.25) is 0 Å². The number of rotatable bonds is 10. The van der Waals surface area contributed by atoms with Crippen LogP contribution in [0.3, 0.4) is 0 Å². The second-order valence-corrected chi connectivity index (χ2v) is 6.14.